The molecular weight excluding hydrogens is 290 g/mol. The number of para-hydroxylation sites is 1. The summed E-state index contributed by atoms with van der Waals surface area (Å²) in [5.74, 6) is 1.53. The molecule has 0 amide bonds. The number of anilines is 1. The number of benzene rings is 1. The SMILES string of the molecule is COc1cccc2ccc(N[C@@H]3CCNC[C@H]3O)nc12.Cl. The fourth-order valence-electron chi connectivity index (χ4n) is 2.57. The van der Waals surface area contributed by atoms with E-state index in [1.165, 1.54) is 0 Å². The zero-order chi connectivity index (χ0) is 13.9. The molecule has 0 saturated carbocycles. The van der Waals surface area contributed by atoms with Crippen molar-refractivity contribution in [1.29, 1.82) is 0 Å². The van der Waals surface area contributed by atoms with Crippen LogP contribution in [-0.4, -0.2) is 42.4 Å². The van der Waals surface area contributed by atoms with Crippen molar-refractivity contribution in [2.24, 2.45) is 0 Å². The minimum Gasteiger partial charge on any atom is -0.494 e. The number of aliphatic hydroxyl groups is 1. The zero-order valence-electron chi connectivity index (χ0n) is 11.9. The highest BCUT2D eigenvalue weighted by atomic mass is 35.5. The number of ether oxygens (including phenoxy) is 1. The number of aromatic nitrogens is 1. The smallest absolute Gasteiger partial charge is 0.145 e. The average molecular weight is 310 g/mol. The molecule has 1 aromatic heterocycles. The molecule has 0 radical (unpaired) electrons. The Hall–Kier alpha value is -1.56. The minimum absolute atomic E-state index is 0. The number of fused-ring (bicyclic) bond motifs is 1. The first-order valence-corrected chi connectivity index (χ1v) is 6.87. The van der Waals surface area contributed by atoms with Crippen molar-refractivity contribution in [3.63, 3.8) is 0 Å². The molecule has 6 heteroatoms. The molecule has 2 aromatic rings. The molecule has 2 atom stereocenters. The number of methoxy groups -OCH3 is 1. The molecule has 5 nitrogen and oxygen atoms in total. The van der Waals surface area contributed by atoms with Gasteiger partial charge in [-0.15, -0.1) is 12.4 Å². The van der Waals surface area contributed by atoms with E-state index in [0.29, 0.717) is 6.54 Å². The minimum atomic E-state index is -0.390. The standard InChI is InChI=1S/C15H19N3O2.ClH/c1-20-13-4-2-3-10-5-6-14(18-15(10)13)17-11-7-8-16-9-12(11)19;/h2-6,11-12,16,19H,7-9H2,1H3,(H,17,18);1H/t11-,12-;/m1./s1. The number of β-amino-alcohol motifs (C(OH)–C–C–N with tert-alkyl or cyclic N) is 1. The van der Waals surface area contributed by atoms with Gasteiger partial charge in [-0.05, 0) is 31.2 Å². The molecular formula is C15H20ClN3O2. The maximum Gasteiger partial charge on any atom is 0.145 e. The molecule has 3 rings (SSSR count). The molecule has 1 aromatic carbocycles. The third-order valence-electron chi connectivity index (χ3n) is 3.69. The number of hydrogen-bond acceptors (Lipinski definition) is 5. The predicted octanol–water partition coefficient (Wildman–Crippen LogP) is 1.80. The van der Waals surface area contributed by atoms with E-state index in [2.05, 4.69) is 15.6 Å². The first-order valence-electron chi connectivity index (χ1n) is 6.87. The van der Waals surface area contributed by atoms with Crippen LogP contribution in [0.15, 0.2) is 30.3 Å². The van der Waals surface area contributed by atoms with Gasteiger partial charge >= 0.3 is 0 Å². The van der Waals surface area contributed by atoms with Crippen LogP contribution < -0.4 is 15.4 Å². The maximum atomic E-state index is 9.97. The molecule has 1 saturated heterocycles. The topological polar surface area (TPSA) is 66.4 Å². The predicted molar refractivity (Wildman–Crippen MR) is 86.4 cm³/mol. The van der Waals surface area contributed by atoms with Crippen LogP contribution in [0, 0.1) is 0 Å². The molecule has 1 aliphatic rings. The van der Waals surface area contributed by atoms with E-state index in [4.69, 9.17) is 4.74 Å². The average Bonchev–Trinajstić information content (AvgIpc) is 2.49. The molecule has 114 valence electrons. The molecule has 0 unspecified atom stereocenters. The summed E-state index contributed by atoms with van der Waals surface area (Å²) in [5, 5.41) is 17.5. The summed E-state index contributed by atoms with van der Waals surface area (Å²) in [6.07, 6.45) is 0.492. The van der Waals surface area contributed by atoms with E-state index >= 15 is 0 Å². The van der Waals surface area contributed by atoms with E-state index in [-0.39, 0.29) is 24.6 Å². The van der Waals surface area contributed by atoms with Gasteiger partial charge < -0.3 is 20.5 Å². The summed E-state index contributed by atoms with van der Waals surface area (Å²) < 4.78 is 5.34. The quantitative estimate of drug-likeness (QED) is 0.807. The number of pyridine rings is 1. The summed E-state index contributed by atoms with van der Waals surface area (Å²) in [7, 11) is 1.65. The van der Waals surface area contributed by atoms with Crippen LogP contribution in [0.5, 0.6) is 5.75 Å². The third kappa shape index (κ3) is 3.37. The largest absolute Gasteiger partial charge is 0.494 e. The van der Waals surface area contributed by atoms with Crippen molar-refractivity contribution in [3.8, 4) is 5.75 Å². The second kappa shape index (κ2) is 6.93. The van der Waals surface area contributed by atoms with Crippen LogP contribution in [-0.2, 0) is 0 Å². The van der Waals surface area contributed by atoms with Crippen molar-refractivity contribution >= 4 is 29.1 Å². The van der Waals surface area contributed by atoms with Gasteiger partial charge in [-0.3, -0.25) is 0 Å². The summed E-state index contributed by atoms with van der Waals surface area (Å²) in [6.45, 7) is 1.53. The molecule has 1 aliphatic heterocycles. The molecule has 0 bridgehead atoms. The Bertz CT molecular complexity index is 608. The fourth-order valence-corrected chi connectivity index (χ4v) is 2.57. The highest BCUT2D eigenvalue weighted by Crippen LogP contribution is 2.25. The molecule has 0 spiro atoms. The third-order valence-corrected chi connectivity index (χ3v) is 3.69. The van der Waals surface area contributed by atoms with Crippen molar-refractivity contribution in [1.82, 2.24) is 10.3 Å². The Morgan fingerprint density at radius 1 is 1.33 bits per heavy atom. The summed E-state index contributed by atoms with van der Waals surface area (Å²) in [6, 6.07) is 9.85. The van der Waals surface area contributed by atoms with E-state index in [0.717, 1.165) is 35.4 Å². The van der Waals surface area contributed by atoms with E-state index < -0.39 is 0 Å². The number of halogens is 1. The van der Waals surface area contributed by atoms with Gasteiger partial charge in [0, 0.05) is 11.9 Å². The Kier molecular flexibility index (Phi) is 5.22. The lowest BCUT2D eigenvalue weighted by atomic mass is 10.0. The van der Waals surface area contributed by atoms with Gasteiger partial charge in [0.05, 0.1) is 19.3 Å². The highest BCUT2D eigenvalue weighted by Gasteiger charge is 2.22. The van der Waals surface area contributed by atoms with Crippen LogP contribution in [0.1, 0.15) is 6.42 Å². The Morgan fingerprint density at radius 2 is 2.19 bits per heavy atom. The number of hydrogen-bond donors (Lipinski definition) is 3. The van der Waals surface area contributed by atoms with Gasteiger partial charge in [0.1, 0.15) is 17.1 Å². The molecule has 3 N–H and O–H groups in total. The van der Waals surface area contributed by atoms with Crippen molar-refractivity contribution in [3.05, 3.63) is 30.3 Å². The second-order valence-electron chi connectivity index (χ2n) is 5.04. The van der Waals surface area contributed by atoms with E-state index in [1.807, 2.05) is 30.3 Å². The zero-order valence-corrected chi connectivity index (χ0v) is 12.7. The normalized spacial score (nSPS) is 21.6. The van der Waals surface area contributed by atoms with Gasteiger partial charge in [0.25, 0.3) is 0 Å². The second-order valence-corrected chi connectivity index (χ2v) is 5.04. The first-order chi connectivity index (χ1) is 9.78. The number of nitrogens with zero attached hydrogens (tertiary/aromatic N) is 1. The summed E-state index contributed by atoms with van der Waals surface area (Å²) in [5.41, 5.74) is 0.837. The molecule has 0 aliphatic carbocycles. The van der Waals surface area contributed by atoms with Crippen LogP contribution in [0.3, 0.4) is 0 Å². The van der Waals surface area contributed by atoms with Crippen LogP contribution >= 0.6 is 12.4 Å². The number of nitrogens with one attached hydrogen (secondary N) is 2. The maximum absolute atomic E-state index is 9.97. The lowest BCUT2D eigenvalue weighted by Gasteiger charge is -2.29. The van der Waals surface area contributed by atoms with Crippen molar-refractivity contribution in [2.75, 3.05) is 25.5 Å². The highest BCUT2D eigenvalue weighted by molar-refractivity contribution is 5.86. The number of aliphatic hydroxyl groups excluding tert-OH is 1. The van der Waals surface area contributed by atoms with E-state index in [9.17, 15) is 5.11 Å². The lowest BCUT2D eigenvalue weighted by molar-refractivity contribution is 0.128. The number of piperidine rings is 1. The molecule has 2 heterocycles. The molecule has 21 heavy (non-hydrogen) atoms. The lowest BCUT2D eigenvalue weighted by Crippen LogP contribution is -2.47. The van der Waals surface area contributed by atoms with Gasteiger partial charge in [-0.2, -0.15) is 0 Å². The Labute approximate surface area is 130 Å². The van der Waals surface area contributed by atoms with Gasteiger partial charge in [-0.25, -0.2) is 4.98 Å². The first kappa shape index (κ1) is 15.8. The van der Waals surface area contributed by atoms with Crippen LogP contribution in [0.4, 0.5) is 5.82 Å². The number of rotatable bonds is 3. The van der Waals surface area contributed by atoms with Gasteiger partial charge in [-0.1, -0.05) is 12.1 Å². The van der Waals surface area contributed by atoms with Crippen molar-refractivity contribution in [2.45, 2.75) is 18.6 Å². The molecule has 1 fully saturated rings. The van der Waals surface area contributed by atoms with Gasteiger partial charge in [0.2, 0.25) is 0 Å². The summed E-state index contributed by atoms with van der Waals surface area (Å²) in [4.78, 5) is 4.61. The monoisotopic (exact) mass is 309 g/mol. The fraction of sp³-hybridized carbons (Fsp3) is 0.400. The van der Waals surface area contributed by atoms with Gasteiger partial charge in [0.15, 0.2) is 0 Å². The van der Waals surface area contributed by atoms with Crippen LogP contribution in [0.25, 0.3) is 10.9 Å². The Balaban J connectivity index is 0.00000161. The Morgan fingerprint density at radius 3 is 2.95 bits per heavy atom. The van der Waals surface area contributed by atoms with E-state index in [1.54, 1.807) is 7.11 Å². The van der Waals surface area contributed by atoms with Crippen molar-refractivity contribution < 1.29 is 9.84 Å². The summed E-state index contributed by atoms with van der Waals surface area (Å²) >= 11 is 0. The van der Waals surface area contributed by atoms with Crippen LogP contribution in [0.2, 0.25) is 0 Å².